The minimum absolute atomic E-state index is 0.641. The van der Waals surface area contributed by atoms with Crippen LogP contribution in [0.25, 0.3) is 16.4 Å². The molecule has 0 bridgehead atoms. The van der Waals surface area contributed by atoms with Gasteiger partial charge in [-0.2, -0.15) is 5.10 Å². The van der Waals surface area contributed by atoms with Crippen molar-refractivity contribution in [2.75, 3.05) is 0 Å². The van der Waals surface area contributed by atoms with Gasteiger partial charge in [0.05, 0.1) is 4.88 Å². The number of thiophene rings is 1. The maximum absolute atomic E-state index is 5.41. The molecule has 0 atom stereocenters. The van der Waals surface area contributed by atoms with Gasteiger partial charge in [-0.15, -0.1) is 11.3 Å². The zero-order valence-corrected chi connectivity index (χ0v) is 13.1. The summed E-state index contributed by atoms with van der Waals surface area (Å²) >= 11 is 7.27. The molecule has 0 amide bonds. The van der Waals surface area contributed by atoms with Gasteiger partial charge in [0.1, 0.15) is 0 Å². The molecule has 4 rings (SSSR count). The minimum atomic E-state index is 0.641. The van der Waals surface area contributed by atoms with Crippen LogP contribution in [0.5, 0.6) is 0 Å². The molecule has 3 nitrogen and oxygen atoms in total. The van der Waals surface area contributed by atoms with Crippen molar-refractivity contribution in [1.82, 2.24) is 14.8 Å². The second-order valence-corrected chi connectivity index (χ2v) is 6.81. The van der Waals surface area contributed by atoms with Crippen molar-refractivity contribution in [2.24, 2.45) is 0 Å². The highest BCUT2D eigenvalue weighted by atomic mass is 32.1. The maximum Gasteiger partial charge on any atom is 0.200 e. The minimum Gasteiger partial charge on any atom is -0.267 e. The van der Waals surface area contributed by atoms with Crippen molar-refractivity contribution in [1.29, 1.82) is 0 Å². The van der Waals surface area contributed by atoms with Crippen molar-refractivity contribution in [3.63, 3.8) is 0 Å². The molecule has 0 aliphatic heterocycles. The summed E-state index contributed by atoms with van der Waals surface area (Å²) < 4.78 is 2.66. The molecule has 0 saturated heterocycles. The average Bonchev–Trinajstić information content (AvgIpc) is 3.11. The van der Waals surface area contributed by atoms with Crippen LogP contribution in [0.15, 0.2) is 36.4 Å². The molecule has 0 unspecified atom stereocenters. The quantitative estimate of drug-likeness (QED) is 0.705. The first kappa shape index (κ1) is 13.0. The molecule has 3 aromatic rings. The Bertz CT molecular complexity index is 803. The zero-order valence-electron chi connectivity index (χ0n) is 11.5. The molecule has 2 aromatic heterocycles. The lowest BCUT2D eigenvalue weighted by Crippen LogP contribution is -1.97. The third kappa shape index (κ3) is 2.26. The predicted molar refractivity (Wildman–Crippen MR) is 88.7 cm³/mol. The van der Waals surface area contributed by atoms with Gasteiger partial charge in [0, 0.05) is 10.6 Å². The van der Waals surface area contributed by atoms with Crippen LogP contribution in [0.3, 0.4) is 0 Å². The number of aromatic amines is 1. The molecular weight excluding hydrogens is 298 g/mol. The molecule has 106 valence electrons. The van der Waals surface area contributed by atoms with Gasteiger partial charge in [-0.1, -0.05) is 18.2 Å². The van der Waals surface area contributed by atoms with E-state index in [1.54, 1.807) is 0 Å². The largest absolute Gasteiger partial charge is 0.267 e. The van der Waals surface area contributed by atoms with E-state index in [4.69, 9.17) is 12.2 Å². The van der Waals surface area contributed by atoms with Crippen molar-refractivity contribution in [3.8, 4) is 16.4 Å². The fourth-order valence-electron chi connectivity index (χ4n) is 2.88. The Balaban J connectivity index is 1.87. The van der Waals surface area contributed by atoms with Crippen LogP contribution in [0.1, 0.15) is 23.3 Å². The number of hydrogen-bond donors (Lipinski definition) is 1. The monoisotopic (exact) mass is 313 g/mol. The Morgan fingerprint density at radius 1 is 1.14 bits per heavy atom. The molecule has 0 radical (unpaired) electrons. The Kier molecular flexibility index (Phi) is 3.24. The summed E-state index contributed by atoms with van der Waals surface area (Å²) in [5.41, 5.74) is 2.55. The molecule has 0 saturated carbocycles. The SMILES string of the molecule is S=c1[nH]nc(-c2cc3c(s2)CCCC3)n1-c1ccccc1. The first-order valence-corrected chi connectivity index (χ1v) is 8.40. The van der Waals surface area contributed by atoms with Gasteiger partial charge in [-0.3, -0.25) is 9.67 Å². The lowest BCUT2D eigenvalue weighted by Gasteiger charge is -2.08. The van der Waals surface area contributed by atoms with E-state index in [2.05, 4.69) is 28.4 Å². The lowest BCUT2D eigenvalue weighted by atomic mass is 9.99. The number of fused-ring (bicyclic) bond motifs is 1. The third-order valence-electron chi connectivity index (χ3n) is 3.90. The van der Waals surface area contributed by atoms with Crippen LogP contribution in [-0.2, 0) is 12.8 Å². The fraction of sp³-hybridized carbons (Fsp3) is 0.250. The molecule has 1 aromatic carbocycles. The van der Waals surface area contributed by atoms with Crippen LogP contribution in [0, 0.1) is 4.77 Å². The van der Waals surface area contributed by atoms with Gasteiger partial charge < -0.3 is 0 Å². The molecule has 2 heterocycles. The van der Waals surface area contributed by atoms with E-state index >= 15 is 0 Å². The summed E-state index contributed by atoms with van der Waals surface area (Å²) in [5.74, 6) is 0.922. The Labute approximate surface area is 132 Å². The zero-order chi connectivity index (χ0) is 14.2. The average molecular weight is 313 g/mol. The van der Waals surface area contributed by atoms with Crippen molar-refractivity contribution < 1.29 is 0 Å². The van der Waals surface area contributed by atoms with E-state index in [0.29, 0.717) is 4.77 Å². The predicted octanol–water partition coefficient (Wildman–Crippen LogP) is 4.54. The summed E-state index contributed by atoms with van der Waals surface area (Å²) in [6.07, 6.45) is 5.01. The van der Waals surface area contributed by atoms with Crippen molar-refractivity contribution >= 4 is 23.6 Å². The van der Waals surface area contributed by atoms with Crippen LogP contribution in [-0.4, -0.2) is 14.8 Å². The highest BCUT2D eigenvalue weighted by molar-refractivity contribution is 7.71. The third-order valence-corrected chi connectivity index (χ3v) is 5.41. The van der Waals surface area contributed by atoms with E-state index < -0.39 is 0 Å². The number of para-hydroxylation sites is 1. The van der Waals surface area contributed by atoms with Crippen molar-refractivity contribution in [2.45, 2.75) is 25.7 Å². The molecule has 1 aliphatic carbocycles. The molecule has 5 heteroatoms. The first-order chi connectivity index (χ1) is 10.3. The molecule has 0 fully saturated rings. The van der Waals surface area contributed by atoms with Crippen LogP contribution >= 0.6 is 23.6 Å². The lowest BCUT2D eigenvalue weighted by molar-refractivity contribution is 0.697. The number of rotatable bonds is 2. The van der Waals surface area contributed by atoms with Gasteiger partial charge in [-0.05, 0) is 61.7 Å². The second-order valence-electron chi connectivity index (χ2n) is 5.29. The van der Waals surface area contributed by atoms with Gasteiger partial charge in [0.2, 0.25) is 0 Å². The van der Waals surface area contributed by atoms with Gasteiger partial charge in [0.15, 0.2) is 10.6 Å². The summed E-state index contributed by atoms with van der Waals surface area (Å²) in [5, 5.41) is 7.40. The summed E-state index contributed by atoms with van der Waals surface area (Å²) in [4.78, 5) is 2.72. The smallest absolute Gasteiger partial charge is 0.200 e. The highest BCUT2D eigenvalue weighted by Gasteiger charge is 2.18. The summed E-state index contributed by atoms with van der Waals surface area (Å²) in [6, 6.07) is 12.5. The van der Waals surface area contributed by atoms with E-state index in [0.717, 1.165) is 11.5 Å². The fourth-order valence-corrected chi connectivity index (χ4v) is 4.35. The highest BCUT2D eigenvalue weighted by Crippen LogP contribution is 2.35. The van der Waals surface area contributed by atoms with Gasteiger partial charge >= 0.3 is 0 Å². The van der Waals surface area contributed by atoms with Crippen LogP contribution in [0.2, 0.25) is 0 Å². The molecular formula is C16H15N3S2. The van der Waals surface area contributed by atoms with E-state index in [-0.39, 0.29) is 0 Å². The van der Waals surface area contributed by atoms with Crippen LogP contribution < -0.4 is 0 Å². The number of H-pyrrole nitrogens is 1. The van der Waals surface area contributed by atoms with Gasteiger partial charge in [0.25, 0.3) is 0 Å². The van der Waals surface area contributed by atoms with E-state index in [1.165, 1.54) is 41.0 Å². The summed E-state index contributed by atoms with van der Waals surface area (Å²) in [6.45, 7) is 0. The van der Waals surface area contributed by atoms with E-state index in [1.807, 2.05) is 34.1 Å². The Morgan fingerprint density at radius 2 is 1.95 bits per heavy atom. The number of nitrogens with one attached hydrogen (secondary N) is 1. The molecule has 21 heavy (non-hydrogen) atoms. The standard InChI is InChI=1S/C16H15N3S2/c20-16-18-17-15(19(16)12-7-2-1-3-8-12)14-10-11-6-4-5-9-13(11)21-14/h1-3,7-8,10H,4-6,9H2,(H,18,20). The molecule has 1 N–H and O–H groups in total. The van der Waals surface area contributed by atoms with Crippen molar-refractivity contribution in [3.05, 3.63) is 51.6 Å². The molecule has 0 spiro atoms. The molecule has 1 aliphatic rings. The number of aromatic nitrogens is 3. The maximum atomic E-state index is 5.41. The van der Waals surface area contributed by atoms with Crippen LogP contribution in [0.4, 0.5) is 0 Å². The number of aryl methyl sites for hydroxylation is 2. The first-order valence-electron chi connectivity index (χ1n) is 7.18. The van der Waals surface area contributed by atoms with E-state index in [9.17, 15) is 0 Å². The number of hydrogen-bond acceptors (Lipinski definition) is 3. The number of nitrogens with zero attached hydrogens (tertiary/aromatic N) is 2. The second kappa shape index (κ2) is 5.24. The normalized spacial score (nSPS) is 14.1. The van der Waals surface area contributed by atoms with Gasteiger partial charge in [-0.25, -0.2) is 0 Å². The Morgan fingerprint density at radius 3 is 2.76 bits per heavy atom. The Hall–Kier alpha value is -1.72. The topological polar surface area (TPSA) is 33.6 Å². The summed E-state index contributed by atoms with van der Waals surface area (Å²) in [7, 11) is 0. The number of benzene rings is 1.